The van der Waals surface area contributed by atoms with Crippen LogP contribution in [0, 0.1) is 12.8 Å². The third kappa shape index (κ3) is 2.36. The number of amides is 1. The number of carbonyl (C=O) groups is 1. The first-order valence-corrected chi connectivity index (χ1v) is 8.24. The molecule has 0 spiro atoms. The number of hydrogen-bond acceptors (Lipinski definition) is 3. The lowest BCUT2D eigenvalue weighted by molar-refractivity contribution is -0.119. The van der Waals surface area contributed by atoms with Crippen molar-refractivity contribution in [2.24, 2.45) is 13.0 Å². The molecule has 1 aliphatic rings. The first-order chi connectivity index (χ1) is 11.3. The summed E-state index contributed by atoms with van der Waals surface area (Å²) in [5, 5.41) is 3.31. The number of carbonyl (C=O) groups excluding carboxylic acids is 1. The summed E-state index contributed by atoms with van der Waals surface area (Å²) in [5.74, 6) is -0.0955. The Kier molecular flexibility index (Phi) is 4.04. The zero-order valence-electron chi connectivity index (χ0n) is 14.1. The molecule has 6 nitrogen and oxygen atoms in total. The summed E-state index contributed by atoms with van der Waals surface area (Å²) in [6.07, 6.45) is 0. The number of rotatable bonds is 3. The van der Waals surface area contributed by atoms with E-state index in [1.807, 2.05) is 51.1 Å². The lowest BCUT2D eigenvalue weighted by Gasteiger charge is -2.14. The van der Waals surface area contributed by atoms with Crippen molar-refractivity contribution in [1.29, 1.82) is 0 Å². The molecular weight excluding hydrogens is 324 g/mol. The zero-order valence-corrected chi connectivity index (χ0v) is 14.9. The average molecular weight is 344 g/mol. The Morgan fingerprint density at radius 2 is 1.79 bits per heavy atom. The number of aromatic nitrogens is 2. The Hall–Kier alpha value is -2.41. The number of thiocarbonyl (C=S) groups is 1. The van der Waals surface area contributed by atoms with E-state index >= 15 is 0 Å². The van der Waals surface area contributed by atoms with Crippen LogP contribution in [0.5, 0.6) is 0 Å². The Bertz CT molecular complexity index is 867. The van der Waals surface area contributed by atoms with Gasteiger partial charge in [-0.05, 0) is 37.2 Å². The van der Waals surface area contributed by atoms with Crippen LogP contribution in [0.3, 0.4) is 0 Å². The van der Waals surface area contributed by atoms with Gasteiger partial charge in [0.15, 0.2) is 5.11 Å². The largest absolute Gasteiger partial charge is 0.350 e. The van der Waals surface area contributed by atoms with Crippen molar-refractivity contribution >= 4 is 28.9 Å². The van der Waals surface area contributed by atoms with Crippen molar-refractivity contribution in [2.75, 3.05) is 4.90 Å². The lowest BCUT2D eigenvalue weighted by Crippen LogP contribution is -2.36. The smallest absolute Gasteiger partial charge is 0.296 e. The van der Waals surface area contributed by atoms with E-state index in [9.17, 15) is 9.59 Å². The fraction of sp³-hybridized carbons (Fsp3) is 0.353. The fourth-order valence-electron chi connectivity index (χ4n) is 2.97. The van der Waals surface area contributed by atoms with E-state index < -0.39 is 6.04 Å². The third-order valence-electron chi connectivity index (χ3n) is 4.38. The molecule has 1 aromatic carbocycles. The Morgan fingerprint density at radius 3 is 2.33 bits per heavy atom. The minimum atomic E-state index is -0.401. The summed E-state index contributed by atoms with van der Waals surface area (Å²) in [7, 11) is 1.80. The highest BCUT2D eigenvalue weighted by molar-refractivity contribution is 7.80. The Balaban J connectivity index is 2.16. The van der Waals surface area contributed by atoms with Gasteiger partial charge in [0.1, 0.15) is 11.7 Å². The molecule has 2 heterocycles. The van der Waals surface area contributed by atoms with Gasteiger partial charge in [-0.2, -0.15) is 0 Å². The molecule has 1 amide bonds. The first-order valence-electron chi connectivity index (χ1n) is 7.83. The number of para-hydroxylation sites is 1. The predicted molar refractivity (Wildman–Crippen MR) is 97.6 cm³/mol. The maximum absolute atomic E-state index is 13.0. The van der Waals surface area contributed by atoms with Gasteiger partial charge in [-0.15, -0.1) is 0 Å². The van der Waals surface area contributed by atoms with E-state index in [-0.39, 0.29) is 22.5 Å². The van der Waals surface area contributed by atoms with Crippen LogP contribution in [0.4, 0.5) is 5.69 Å². The molecule has 1 N–H and O–H groups in total. The molecule has 2 aromatic rings. The molecule has 7 heteroatoms. The van der Waals surface area contributed by atoms with Gasteiger partial charge in [0, 0.05) is 7.05 Å². The van der Waals surface area contributed by atoms with Crippen LogP contribution in [0.1, 0.15) is 19.5 Å². The molecule has 24 heavy (non-hydrogen) atoms. The van der Waals surface area contributed by atoms with Gasteiger partial charge < -0.3 is 5.32 Å². The monoisotopic (exact) mass is 344 g/mol. The quantitative estimate of drug-likeness (QED) is 0.862. The van der Waals surface area contributed by atoms with Crippen LogP contribution in [-0.4, -0.2) is 26.4 Å². The third-order valence-corrected chi connectivity index (χ3v) is 4.68. The van der Waals surface area contributed by atoms with Crippen LogP contribution < -0.4 is 15.8 Å². The van der Waals surface area contributed by atoms with Crippen LogP contribution in [0.15, 0.2) is 35.1 Å². The molecule has 126 valence electrons. The van der Waals surface area contributed by atoms with Crippen LogP contribution in [0.2, 0.25) is 0 Å². The molecule has 0 unspecified atom stereocenters. The highest BCUT2D eigenvalue weighted by Gasteiger charge is 2.41. The SMILES string of the molecule is Cc1c(N2C(=O)[C@@H](C(C)C)NC2=S)c(=O)n(-c2ccccc2)n1C. The lowest BCUT2D eigenvalue weighted by atomic mass is 10.1. The van der Waals surface area contributed by atoms with Crippen molar-refractivity contribution < 1.29 is 4.79 Å². The minimum Gasteiger partial charge on any atom is -0.350 e. The molecule has 1 fully saturated rings. The van der Waals surface area contributed by atoms with E-state index in [1.165, 1.54) is 4.90 Å². The normalized spacial score (nSPS) is 17.7. The van der Waals surface area contributed by atoms with E-state index in [0.29, 0.717) is 11.4 Å². The Labute approximate surface area is 145 Å². The second kappa shape index (κ2) is 5.90. The number of hydrogen-bond donors (Lipinski definition) is 1. The van der Waals surface area contributed by atoms with E-state index in [4.69, 9.17) is 12.2 Å². The average Bonchev–Trinajstić information content (AvgIpc) is 2.95. The molecule has 0 saturated carbocycles. The minimum absolute atomic E-state index is 0.0841. The van der Waals surface area contributed by atoms with Gasteiger partial charge in [-0.3, -0.25) is 14.3 Å². The van der Waals surface area contributed by atoms with E-state index in [2.05, 4.69) is 5.32 Å². The summed E-state index contributed by atoms with van der Waals surface area (Å²) in [6.45, 7) is 5.71. The fourth-order valence-corrected chi connectivity index (χ4v) is 3.28. The summed E-state index contributed by atoms with van der Waals surface area (Å²) in [4.78, 5) is 27.1. The molecular formula is C17H20N4O2S. The zero-order chi connectivity index (χ0) is 17.6. The number of nitrogens with one attached hydrogen (secondary N) is 1. The van der Waals surface area contributed by atoms with Gasteiger partial charge in [0.25, 0.3) is 11.5 Å². The van der Waals surface area contributed by atoms with Crippen molar-refractivity contribution in [2.45, 2.75) is 26.8 Å². The highest BCUT2D eigenvalue weighted by atomic mass is 32.1. The van der Waals surface area contributed by atoms with Crippen molar-refractivity contribution in [1.82, 2.24) is 14.7 Å². The van der Waals surface area contributed by atoms with Crippen molar-refractivity contribution in [3.05, 3.63) is 46.4 Å². The van der Waals surface area contributed by atoms with E-state index in [0.717, 1.165) is 5.69 Å². The predicted octanol–water partition coefficient (Wildman–Crippen LogP) is 1.73. The molecule has 0 bridgehead atoms. The molecule has 3 rings (SSSR count). The maximum Gasteiger partial charge on any atom is 0.296 e. The number of anilines is 1. The summed E-state index contributed by atoms with van der Waals surface area (Å²) >= 11 is 5.32. The Morgan fingerprint density at radius 1 is 1.17 bits per heavy atom. The van der Waals surface area contributed by atoms with Crippen LogP contribution >= 0.6 is 12.2 Å². The molecule has 1 aromatic heterocycles. The topological polar surface area (TPSA) is 59.3 Å². The van der Waals surface area contributed by atoms with Crippen molar-refractivity contribution in [3.63, 3.8) is 0 Å². The van der Waals surface area contributed by atoms with Crippen molar-refractivity contribution in [3.8, 4) is 5.69 Å². The molecule has 0 aliphatic carbocycles. The van der Waals surface area contributed by atoms with E-state index in [1.54, 1.807) is 16.4 Å². The maximum atomic E-state index is 13.0. The highest BCUT2D eigenvalue weighted by Crippen LogP contribution is 2.24. The molecule has 1 atom stereocenters. The van der Waals surface area contributed by atoms with Crippen LogP contribution in [-0.2, 0) is 11.8 Å². The second-order valence-electron chi connectivity index (χ2n) is 6.25. The molecule has 0 radical (unpaired) electrons. The number of benzene rings is 1. The van der Waals surface area contributed by atoms with Gasteiger partial charge >= 0.3 is 0 Å². The summed E-state index contributed by atoms with van der Waals surface area (Å²) < 4.78 is 3.29. The van der Waals surface area contributed by atoms with Gasteiger partial charge in [-0.25, -0.2) is 9.58 Å². The number of nitrogens with zero attached hydrogens (tertiary/aromatic N) is 3. The summed E-state index contributed by atoms with van der Waals surface area (Å²) in [5.41, 5.74) is 1.48. The van der Waals surface area contributed by atoms with Gasteiger partial charge in [-0.1, -0.05) is 32.0 Å². The molecule has 1 aliphatic heterocycles. The van der Waals surface area contributed by atoms with Gasteiger partial charge in [0.05, 0.1) is 11.4 Å². The van der Waals surface area contributed by atoms with Crippen LogP contribution in [0.25, 0.3) is 5.69 Å². The van der Waals surface area contributed by atoms with Gasteiger partial charge in [0.2, 0.25) is 0 Å². The second-order valence-corrected chi connectivity index (χ2v) is 6.64. The molecule has 1 saturated heterocycles. The summed E-state index contributed by atoms with van der Waals surface area (Å²) in [6, 6.07) is 8.93. The first kappa shape index (κ1) is 16.4. The standard InChI is InChI=1S/C17H20N4O2S/c1-10(2)13-15(22)20(17(24)18-13)14-11(3)19(4)21(16(14)23)12-8-6-5-7-9-12/h5-10,13H,1-4H3,(H,18,24)/t13-/m1/s1.